The first kappa shape index (κ1) is 117. The number of aliphatic hydroxyl groups is 1. The van der Waals surface area contributed by atoms with Gasteiger partial charge in [0.2, 0.25) is 11.8 Å². The van der Waals surface area contributed by atoms with E-state index in [0.29, 0.717) is 12.8 Å². The smallest absolute Gasteiger partial charge is 0.222 e. The van der Waals surface area contributed by atoms with Gasteiger partial charge < -0.3 is 23.8 Å². The second-order valence-electron chi connectivity index (χ2n) is 26.2. The summed E-state index contributed by atoms with van der Waals surface area (Å²) >= 11 is 0. The predicted molar refractivity (Wildman–Crippen MR) is 608 cm³/mol. The van der Waals surface area contributed by atoms with Gasteiger partial charge in [0, 0.05) is 26.9 Å². The Kier molecular flexibility index (Phi) is 73.3. The normalized spacial score (nSPS) is 22.1. The van der Waals surface area contributed by atoms with E-state index in [1.54, 1.807) is 0 Å². The molecule has 0 bridgehead atoms. The summed E-state index contributed by atoms with van der Waals surface area (Å²) in [7, 11) is 74.3. The van der Waals surface area contributed by atoms with Gasteiger partial charge in [-0.05, 0) is 220 Å². The number of nitrogens with zero attached hydrogens (tertiary/aromatic N) is 2. The van der Waals surface area contributed by atoms with Crippen LogP contribution in [0.3, 0.4) is 0 Å². The average Bonchev–Trinajstić information content (AvgIpc) is 0.809. The van der Waals surface area contributed by atoms with Crippen LogP contribution in [0.5, 0.6) is 0 Å². The standard InChI is InChI=1S/C24H43NO2Si.C23H43NO3Si.H24P22.H23P21/c1-10-14-19(2)23-20(3)17-18-21(27-28(8,9)24(4,5)6)15-12-11-13-16-22(26)25(23)7;1-18-14-15-20(27-28(7,8)23(3,4)5)12-10-9-11-13-21(26)24(6)22(18)19(2)16-17-25;1-13(2)19(14(3)4)22(20(15(5)6)16(7)8)21(17(9)10)18(11)12;1-12-18(13(2)3)21(19(14(4)5)15(6)7)20(16(8)9)17(10)11/h10,14,17-18,20-21,23H,1,11-13,15-16H2,2-9H3;14-16,18,20,22,25H,9-13,17H2,1-8H3;1-12H2;12H,1-11H2/b18-17+,19-14+;15-14+,19-16+;;/t20-,21?,23+;18-,20?,22-;;/m00../s1. The lowest BCUT2D eigenvalue weighted by atomic mass is 9.91. The molecule has 0 saturated heterocycles. The molecule has 0 aromatic carbocycles. The lowest BCUT2D eigenvalue weighted by molar-refractivity contribution is -0.132. The summed E-state index contributed by atoms with van der Waals surface area (Å²) < 4.78 is 13.4. The van der Waals surface area contributed by atoms with Crippen LogP contribution >= 0.6 is 346 Å². The van der Waals surface area contributed by atoms with Gasteiger partial charge in [0.25, 0.3) is 0 Å². The van der Waals surface area contributed by atoms with Crippen LogP contribution in [0, 0.1) is 11.8 Å². The van der Waals surface area contributed by atoms with Gasteiger partial charge in [-0.3, -0.25) is 9.59 Å². The second kappa shape index (κ2) is 61.7. The molecule has 7 nitrogen and oxygen atoms in total. The monoisotopic (exact) mass is 2190 g/mol. The molecule has 2 aliphatic heterocycles. The fourth-order valence-electron chi connectivity index (χ4n) is 9.43. The number of amides is 2. The van der Waals surface area contributed by atoms with Crippen molar-refractivity contribution in [2.45, 2.75) is 194 Å². The molecule has 0 aliphatic carbocycles. The highest BCUT2D eigenvalue weighted by atomic mass is 33.4. The maximum absolute atomic E-state index is 12.7. The van der Waals surface area contributed by atoms with Gasteiger partial charge >= 0.3 is 0 Å². The van der Waals surface area contributed by atoms with Crippen molar-refractivity contribution >= 4 is 375 Å². The predicted octanol–water partition coefficient (Wildman–Crippen LogP) is 36.2. The molecule has 0 radical (unpaired) electrons. The number of allylic oxidation sites excluding steroid dienone is 2. The van der Waals surface area contributed by atoms with Gasteiger partial charge in [0.15, 0.2) is 16.6 Å². The van der Waals surface area contributed by atoms with Crippen LogP contribution in [0.4, 0.5) is 0 Å². The molecule has 584 valence electrons. The van der Waals surface area contributed by atoms with Gasteiger partial charge in [-0.2, -0.15) is 0 Å². The molecule has 0 saturated carbocycles. The number of hydrogen-bond donors (Lipinski definition) is 1. The van der Waals surface area contributed by atoms with Gasteiger partial charge in [0.1, 0.15) is 0 Å². The van der Waals surface area contributed by atoms with E-state index >= 15 is 0 Å². The zero-order valence-corrected chi connectivity index (χ0v) is 108. The van der Waals surface area contributed by atoms with E-state index in [4.69, 9.17) is 8.85 Å². The average molecular weight is 2190 g/mol. The second-order valence-corrected chi connectivity index (χ2v) is 204. The van der Waals surface area contributed by atoms with Crippen molar-refractivity contribution < 1.29 is 23.5 Å². The molecule has 2 heterocycles. The molecular weight excluding hydrogens is 2060 g/mol. The number of carbonyl (C=O) groups is 2. The molecular formula is C47H133N2O5P43Si2. The van der Waals surface area contributed by atoms with E-state index in [-0.39, 0.29) is 197 Å². The molecule has 52 heteroatoms. The van der Waals surface area contributed by atoms with Gasteiger partial charge in [-0.25, -0.2) is 0 Å². The summed E-state index contributed by atoms with van der Waals surface area (Å²) in [5.74, 6) is 0.791. The quantitative estimate of drug-likeness (QED) is 0.0404. The SMILES string of the molecule is C/C(=C\CO)[C@@H]1[C@@H](C)/C=C/C(O[Si](C)(C)C(C)(C)C)CCCCCC(=O)N1C.C=C/C=C(\C)[C@@H]1[C@@H](C)/C=C/C(O[Si](C)(C)C(C)(C)C)CCCCCC(=O)N1C.PP(P)P(P(P)P)P(P(P(P)P)P(P)P)P(P(P)P)P(P)P.PPP(P(P)P)P(P(P(P)P)P(P)P)P(P(P)P)P(P)P. The van der Waals surface area contributed by atoms with Crippen LogP contribution in [0.25, 0.3) is 0 Å². The van der Waals surface area contributed by atoms with Gasteiger partial charge in [-0.1, -0.05) is 149 Å². The summed E-state index contributed by atoms with van der Waals surface area (Å²) in [6.45, 7) is 36.6. The Morgan fingerprint density at radius 1 is 0.495 bits per heavy atom. The Labute approximate surface area is 687 Å². The Bertz CT molecular complexity index is 2300. The number of aliphatic hydroxyl groups excluding tert-OH is 1. The molecule has 0 spiro atoms. The third-order valence-corrected chi connectivity index (χ3v) is 295. The van der Waals surface area contributed by atoms with Crippen LogP contribution < -0.4 is 0 Å². The Morgan fingerprint density at radius 2 is 0.778 bits per heavy atom. The molecule has 31 atom stereocenters. The molecule has 0 aromatic heterocycles. The van der Waals surface area contributed by atoms with Crippen molar-refractivity contribution in [3.05, 3.63) is 60.3 Å². The minimum Gasteiger partial charge on any atom is -0.411 e. The summed E-state index contributed by atoms with van der Waals surface area (Å²) in [4.78, 5) is 29.1. The molecule has 2 amide bonds. The maximum Gasteiger partial charge on any atom is 0.222 e. The van der Waals surface area contributed by atoms with E-state index < -0.39 is 16.6 Å². The van der Waals surface area contributed by atoms with Crippen LogP contribution in [0.2, 0.25) is 36.3 Å². The van der Waals surface area contributed by atoms with E-state index in [1.165, 1.54) is 5.57 Å². The van der Waals surface area contributed by atoms with Crippen molar-refractivity contribution in [2.75, 3.05) is 20.7 Å². The zero-order valence-electron chi connectivity index (χ0n) is 61.2. The number of likely N-dealkylation sites (N-methyl/N-ethyl adjacent to an activating group) is 2. The van der Waals surface area contributed by atoms with Crippen LogP contribution in [0.15, 0.2) is 60.3 Å². The third kappa shape index (κ3) is 45.4. The van der Waals surface area contributed by atoms with Crippen molar-refractivity contribution in [3.63, 3.8) is 0 Å². The highest BCUT2D eigenvalue weighted by Crippen LogP contribution is 3.33. The number of carbonyl (C=O) groups excluding carboxylic acids is 2. The molecule has 2 rings (SSSR count). The minimum atomic E-state index is -1.84. The topological polar surface area (TPSA) is 79.3 Å². The van der Waals surface area contributed by atoms with Crippen molar-refractivity contribution in [1.82, 2.24) is 9.80 Å². The summed E-state index contributed by atoms with van der Waals surface area (Å²) in [6.07, 6.45) is 24.3. The molecule has 27 unspecified atom stereocenters. The van der Waals surface area contributed by atoms with E-state index in [2.05, 4.69) is 325 Å². The Morgan fingerprint density at radius 3 is 1.02 bits per heavy atom. The van der Waals surface area contributed by atoms with Crippen molar-refractivity contribution in [3.8, 4) is 0 Å². The fourth-order valence-corrected chi connectivity index (χ4v) is 537. The van der Waals surface area contributed by atoms with Gasteiger partial charge in [-0.15, -0.1) is 205 Å². The largest absolute Gasteiger partial charge is 0.411 e. The number of hydrogen-bond acceptors (Lipinski definition) is 5. The lowest BCUT2D eigenvalue weighted by Crippen LogP contribution is -2.44. The molecule has 99 heavy (non-hydrogen) atoms. The Balaban J connectivity index is 0. The summed E-state index contributed by atoms with van der Waals surface area (Å²) in [5.41, 5.74) is 2.20. The number of rotatable bonds is 26. The van der Waals surface area contributed by atoms with Crippen molar-refractivity contribution in [2.24, 2.45) is 11.8 Å². The maximum atomic E-state index is 12.7. The lowest BCUT2D eigenvalue weighted by Gasteiger charge is -2.47. The van der Waals surface area contributed by atoms with E-state index in [1.807, 2.05) is 49.0 Å². The molecule has 2 aliphatic rings. The first-order valence-corrected chi connectivity index (χ1v) is 114. The third-order valence-electron chi connectivity index (χ3n) is 16.2. The molecule has 0 fully saturated rings. The summed E-state index contributed by atoms with van der Waals surface area (Å²) in [6, 6.07) is 0.0125. The highest BCUT2D eigenvalue weighted by Gasteiger charge is 2.46. The van der Waals surface area contributed by atoms with Crippen LogP contribution in [-0.2, 0) is 18.4 Å². The first-order valence-electron chi connectivity index (χ1n) is 31.2. The minimum absolute atomic E-state index is 0.00208. The fraction of sp³-hybridized carbons (Fsp3) is 0.745. The van der Waals surface area contributed by atoms with E-state index in [9.17, 15) is 14.7 Å². The van der Waals surface area contributed by atoms with E-state index in [0.717, 1.165) is 64.9 Å². The van der Waals surface area contributed by atoms with Gasteiger partial charge in [0.05, 0.1) is 30.9 Å². The first-order chi connectivity index (χ1) is 45.3. The van der Waals surface area contributed by atoms with Crippen molar-refractivity contribution in [1.29, 1.82) is 0 Å². The highest BCUT2D eigenvalue weighted by molar-refractivity contribution is 9.39. The molecule has 1 N–H and O–H groups in total. The molecule has 0 aromatic rings. The van der Waals surface area contributed by atoms with Crippen LogP contribution in [0.1, 0.15) is 133 Å². The van der Waals surface area contributed by atoms with Crippen LogP contribution in [-0.4, -0.2) is 88.3 Å². The zero-order chi connectivity index (χ0) is 77.7. The Hall–Kier alpha value is 16.4. The summed E-state index contributed by atoms with van der Waals surface area (Å²) in [5, 5.41) is 9.74.